The summed E-state index contributed by atoms with van der Waals surface area (Å²) in [4.78, 5) is 27.9. The lowest BCUT2D eigenvalue weighted by molar-refractivity contribution is 0.0615. The first-order valence-corrected chi connectivity index (χ1v) is 6.61. The summed E-state index contributed by atoms with van der Waals surface area (Å²) < 4.78 is 0. The van der Waals surface area contributed by atoms with Crippen molar-refractivity contribution in [2.75, 3.05) is 5.32 Å². The van der Waals surface area contributed by atoms with Crippen LogP contribution in [0.15, 0.2) is 54.6 Å². The van der Waals surface area contributed by atoms with E-state index >= 15 is 0 Å². The van der Waals surface area contributed by atoms with Crippen LogP contribution in [0.1, 0.15) is 22.8 Å². The molecule has 0 saturated carbocycles. The second-order valence-electron chi connectivity index (χ2n) is 4.36. The molecule has 0 bridgehead atoms. The molecule has 0 heterocycles. The van der Waals surface area contributed by atoms with E-state index in [0.717, 1.165) is 6.42 Å². The maximum absolute atomic E-state index is 11.7. The first-order valence-electron chi connectivity index (χ1n) is 6.61. The van der Waals surface area contributed by atoms with Crippen molar-refractivity contribution in [2.24, 2.45) is 0 Å². The largest absolute Gasteiger partial charge is 0.436 e. The van der Waals surface area contributed by atoms with Crippen molar-refractivity contribution < 1.29 is 14.4 Å². The van der Waals surface area contributed by atoms with E-state index in [-0.39, 0.29) is 0 Å². The Morgan fingerprint density at radius 1 is 1.00 bits per heavy atom. The summed E-state index contributed by atoms with van der Waals surface area (Å²) in [6, 6.07) is 15.9. The molecular weight excluding hydrogens is 268 g/mol. The lowest BCUT2D eigenvalue weighted by Crippen LogP contribution is -2.29. The molecule has 0 aliphatic rings. The lowest BCUT2D eigenvalue weighted by Gasteiger charge is -2.07. The van der Waals surface area contributed by atoms with Gasteiger partial charge in [0, 0.05) is 11.3 Å². The number of aryl methyl sites for hydroxylation is 1. The molecule has 2 amide bonds. The fourth-order valence-corrected chi connectivity index (χ4v) is 1.71. The number of amides is 2. The van der Waals surface area contributed by atoms with Crippen molar-refractivity contribution in [2.45, 2.75) is 13.3 Å². The van der Waals surface area contributed by atoms with Crippen LogP contribution in [-0.4, -0.2) is 12.0 Å². The molecule has 5 heteroatoms. The second kappa shape index (κ2) is 7.09. The topological polar surface area (TPSA) is 67.4 Å². The Morgan fingerprint density at radius 3 is 2.29 bits per heavy atom. The summed E-state index contributed by atoms with van der Waals surface area (Å²) in [6.45, 7) is 2.05. The van der Waals surface area contributed by atoms with E-state index in [4.69, 9.17) is 0 Å². The number of carbonyl (C=O) groups is 2. The van der Waals surface area contributed by atoms with E-state index in [1.54, 1.807) is 42.5 Å². The molecule has 0 atom stereocenters. The van der Waals surface area contributed by atoms with Gasteiger partial charge in [-0.1, -0.05) is 37.3 Å². The number of hydroxylamine groups is 1. The maximum Gasteiger partial charge on any atom is 0.436 e. The van der Waals surface area contributed by atoms with E-state index in [2.05, 4.69) is 22.6 Å². The van der Waals surface area contributed by atoms with Gasteiger partial charge >= 0.3 is 6.09 Å². The number of hydrogen-bond acceptors (Lipinski definition) is 3. The average molecular weight is 284 g/mol. The third kappa shape index (κ3) is 4.35. The van der Waals surface area contributed by atoms with Gasteiger partial charge in [-0.3, -0.25) is 10.1 Å². The van der Waals surface area contributed by atoms with Crippen LogP contribution in [-0.2, 0) is 11.3 Å². The van der Waals surface area contributed by atoms with Gasteiger partial charge in [0.2, 0.25) is 0 Å². The number of carbonyl (C=O) groups excluding carboxylic acids is 2. The normalized spacial score (nSPS) is 9.76. The summed E-state index contributed by atoms with van der Waals surface area (Å²) in [6.07, 6.45) is 0.182. The fourth-order valence-electron chi connectivity index (χ4n) is 1.71. The highest BCUT2D eigenvalue weighted by molar-refractivity contribution is 5.94. The monoisotopic (exact) mass is 284 g/mol. The first-order chi connectivity index (χ1) is 10.2. The molecule has 21 heavy (non-hydrogen) atoms. The van der Waals surface area contributed by atoms with Gasteiger partial charge in [0.25, 0.3) is 5.91 Å². The van der Waals surface area contributed by atoms with E-state index < -0.39 is 12.0 Å². The summed E-state index contributed by atoms with van der Waals surface area (Å²) in [7, 11) is 0. The minimum Gasteiger partial charge on any atom is -0.321 e. The number of rotatable bonds is 3. The number of hydrogen-bond donors (Lipinski definition) is 2. The molecule has 0 aliphatic carbocycles. The van der Waals surface area contributed by atoms with Gasteiger partial charge in [-0.25, -0.2) is 4.79 Å². The predicted molar refractivity (Wildman–Crippen MR) is 79.8 cm³/mol. The Hall–Kier alpha value is -2.82. The summed E-state index contributed by atoms with van der Waals surface area (Å²) in [5, 5.41) is 2.52. The van der Waals surface area contributed by atoms with Crippen LogP contribution in [0.4, 0.5) is 10.5 Å². The highest BCUT2D eigenvalue weighted by Crippen LogP contribution is 2.10. The smallest absolute Gasteiger partial charge is 0.321 e. The van der Waals surface area contributed by atoms with E-state index in [0.29, 0.717) is 11.3 Å². The molecule has 0 saturated heterocycles. The van der Waals surface area contributed by atoms with Gasteiger partial charge in [0.1, 0.15) is 0 Å². The number of nitrogens with one attached hydrogen (secondary N) is 2. The van der Waals surface area contributed by atoms with Crippen molar-refractivity contribution in [3.63, 3.8) is 0 Å². The zero-order valence-electron chi connectivity index (χ0n) is 11.6. The highest BCUT2D eigenvalue weighted by atomic mass is 16.7. The first kappa shape index (κ1) is 14.6. The highest BCUT2D eigenvalue weighted by Gasteiger charge is 2.08. The minimum atomic E-state index is -0.747. The zero-order chi connectivity index (χ0) is 15.1. The molecule has 0 fully saturated rings. The van der Waals surface area contributed by atoms with Gasteiger partial charge < -0.3 is 4.84 Å². The molecule has 0 unspecified atom stereocenters. The number of benzene rings is 2. The predicted octanol–water partition coefficient (Wildman–Crippen LogP) is 3.14. The second-order valence-corrected chi connectivity index (χ2v) is 4.36. The Balaban J connectivity index is 1.83. The van der Waals surface area contributed by atoms with Gasteiger partial charge in [-0.05, 0) is 36.2 Å². The molecule has 2 N–H and O–H groups in total. The van der Waals surface area contributed by atoms with Crippen LogP contribution in [0.25, 0.3) is 0 Å². The standard InChI is InChI=1S/C16H16N2O3/c1-2-12-8-10-14(11-9-12)17-16(20)21-18-15(19)13-6-4-3-5-7-13/h3-11H,2H2,1H3,(H,17,20)(H,18,19). The third-order valence-electron chi connectivity index (χ3n) is 2.88. The third-order valence-corrected chi connectivity index (χ3v) is 2.88. The Bertz CT molecular complexity index is 609. The van der Waals surface area contributed by atoms with E-state index in [1.165, 1.54) is 5.56 Å². The fraction of sp³-hybridized carbons (Fsp3) is 0.125. The molecule has 2 rings (SSSR count). The molecule has 5 nitrogen and oxygen atoms in total. The Kier molecular flexibility index (Phi) is 4.93. The lowest BCUT2D eigenvalue weighted by atomic mass is 10.1. The van der Waals surface area contributed by atoms with E-state index in [1.807, 2.05) is 12.1 Å². The average Bonchev–Trinajstić information content (AvgIpc) is 2.54. The molecular formula is C16H16N2O3. The maximum atomic E-state index is 11.7. The van der Waals surface area contributed by atoms with Crippen LogP contribution in [0.2, 0.25) is 0 Å². The molecule has 2 aromatic carbocycles. The number of anilines is 1. The van der Waals surface area contributed by atoms with E-state index in [9.17, 15) is 9.59 Å². The molecule has 108 valence electrons. The van der Waals surface area contributed by atoms with Crippen LogP contribution in [0.3, 0.4) is 0 Å². The van der Waals surface area contributed by atoms with Crippen LogP contribution >= 0.6 is 0 Å². The van der Waals surface area contributed by atoms with Crippen molar-refractivity contribution in [3.8, 4) is 0 Å². The van der Waals surface area contributed by atoms with Crippen molar-refractivity contribution in [1.82, 2.24) is 5.48 Å². The van der Waals surface area contributed by atoms with Gasteiger partial charge in [0.15, 0.2) is 0 Å². The van der Waals surface area contributed by atoms with Crippen LogP contribution < -0.4 is 10.8 Å². The molecule has 0 radical (unpaired) electrons. The van der Waals surface area contributed by atoms with Gasteiger partial charge in [-0.2, -0.15) is 5.48 Å². The minimum absolute atomic E-state index is 0.414. The van der Waals surface area contributed by atoms with Gasteiger partial charge in [0.05, 0.1) is 0 Å². The quantitative estimate of drug-likeness (QED) is 0.851. The summed E-state index contributed by atoms with van der Waals surface area (Å²) >= 11 is 0. The van der Waals surface area contributed by atoms with Crippen molar-refractivity contribution >= 4 is 17.7 Å². The zero-order valence-corrected chi connectivity index (χ0v) is 11.6. The molecule has 0 spiro atoms. The summed E-state index contributed by atoms with van der Waals surface area (Å²) in [5.74, 6) is -0.480. The molecule has 2 aromatic rings. The molecule has 0 aliphatic heterocycles. The Labute approximate surface area is 122 Å². The van der Waals surface area contributed by atoms with Crippen molar-refractivity contribution in [3.05, 3.63) is 65.7 Å². The Morgan fingerprint density at radius 2 is 1.67 bits per heavy atom. The summed E-state index contributed by atoms with van der Waals surface area (Å²) in [5.41, 5.74) is 4.28. The van der Waals surface area contributed by atoms with Gasteiger partial charge in [-0.15, -0.1) is 0 Å². The SMILES string of the molecule is CCc1ccc(NC(=O)ONC(=O)c2ccccc2)cc1. The molecule has 0 aromatic heterocycles. The van der Waals surface area contributed by atoms with Crippen molar-refractivity contribution in [1.29, 1.82) is 0 Å². The van der Waals surface area contributed by atoms with Crippen LogP contribution in [0, 0.1) is 0 Å². The van der Waals surface area contributed by atoms with Crippen LogP contribution in [0.5, 0.6) is 0 Å².